The van der Waals surface area contributed by atoms with E-state index in [1.807, 2.05) is 0 Å². The van der Waals surface area contributed by atoms with Crippen LogP contribution in [0.1, 0.15) is 102 Å². The van der Waals surface area contributed by atoms with E-state index >= 15 is 0 Å². The van der Waals surface area contributed by atoms with E-state index in [1.165, 1.54) is 62.8 Å². The fourth-order valence-electron chi connectivity index (χ4n) is 4.98. The van der Waals surface area contributed by atoms with Gasteiger partial charge in [-0.25, -0.2) is 0 Å². The number of nitrogens with zero attached hydrogens (tertiary/aromatic N) is 1. The normalized spacial score (nSPS) is 16.1. The molecule has 2 rings (SSSR count). The number of hydrogen-bond donors (Lipinski definition) is 0. The zero-order valence-electron chi connectivity index (χ0n) is 16.2. The number of aryl methyl sites for hydroxylation is 2. The molecule has 1 aliphatic rings. The zero-order valence-corrected chi connectivity index (χ0v) is 16.2. The molecule has 0 atom stereocenters. The molecule has 0 saturated carbocycles. The molecule has 1 heterocycles. The molecule has 1 aromatic rings. The highest BCUT2D eigenvalue weighted by Crippen LogP contribution is 2.55. The van der Waals surface area contributed by atoms with Crippen LogP contribution in [0.15, 0.2) is 11.6 Å². The van der Waals surface area contributed by atoms with Gasteiger partial charge in [-0.3, -0.25) is 4.98 Å². The van der Waals surface area contributed by atoms with E-state index in [2.05, 4.69) is 47.6 Å². The molecule has 0 unspecified atom stereocenters. The summed E-state index contributed by atoms with van der Waals surface area (Å²) in [7, 11) is 0. The van der Waals surface area contributed by atoms with Crippen LogP contribution in [0.4, 0.5) is 0 Å². The maximum Gasteiger partial charge on any atom is 0.0422 e. The fraction of sp³-hybridized carbons (Fsp3) is 0.682. The first-order valence-corrected chi connectivity index (χ1v) is 9.77. The van der Waals surface area contributed by atoms with Gasteiger partial charge in [0.1, 0.15) is 0 Å². The summed E-state index contributed by atoms with van der Waals surface area (Å²) in [5.41, 5.74) is 9.28. The number of hydrogen-bond acceptors (Lipinski definition) is 1. The van der Waals surface area contributed by atoms with Crippen LogP contribution in [0.3, 0.4) is 0 Å². The molecule has 0 radical (unpaired) electrons. The molecule has 1 heteroatoms. The van der Waals surface area contributed by atoms with Gasteiger partial charge < -0.3 is 0 Å². The van der Waals surface area contributed by atoms with E-state index in [-0.39, 0.29) is 5.41 Å². The van der Waals surface area contributed by atoms with Crippen LogP contribution >= 0.6 is 0 Å². The summed E-state index contributed by atoms with van der Waals surface area (Å²) < 4.78 is 0. The minimum Gasteiger partial charge on any atom is -0.258 e. The van der Waals surface area contributed by atoms with Crippen molar-refractivity contribution in [2.75, 3.05) is 0 Å². The van der Waals surface area contributed by atoms with Crippen molar-refractivity contribution in [2.24, 2.45) is 0 Å². The molecule has 0 saturated heterocycles. The molecular formula is C22H35N. The molecule has 0 aromatic carbocycles. The minimum atomic E-state index is 0.268. The number of aromatic nitrogens is 1. The van der Waals surface area contributed by atoms with Crippen molar-refractivity contribution in [1.29, 1.82) is 0 Å². The number of allylic oxidation sites excluding steroid dienone is 2. The second-order valence-electron chi connectivity index (χ2n) is 7.31. The summed E-state index contributed by atoms with van der Waals surface area (Å²) in [6.45, 7) is 13.7. The fourth-order valence-corrected chi connectivity index (χ4v) is 4.98. The number of rotatable bonds is 8. The van der Waals surface area contributed by atoms with Crippen LogP contribution in [0.2, 0.25) is 0 Å². The molecule has 1 aliphatic carbocycles. The molecule has 0 aliphatic heterocycles. The third-order valence-electron chi connectivity index (χ3n) is 5.43. The topological polar surface area (TPSA) is 12.9 Å². The molecule has 0 N–H and O–H groups in total. The first-order valence-electron chi connectivity index (χ1n) is 9.77. The van der Waals surface area contributed by atoms with Crippen molar-refractivity contribution >= 4 is 5.57 Å². The van der Waals surface area contributed by atoms with E-state index in [9.17, 15) is 0 Å². The van der Waals surface area contributed by atoms with Crippen LogP contribution in [-0.2, 0) is 5.41 Å². The van der Waals surface area contributed by atoms with Gasteiger partial charge in [-0.1, -0.05) is 59.0 Å². The van der Waals surface area contributed by atoms with Gasteiger partial charge in [0.2, 0.25) is 0 Å². The second-order valence-corrected chi connectivity index (χ2v) is 7.31. The van der Waals surface area contributed by atoms with Crippen LogP contribution in [-0.4, -0.2) is 4.98 Å². The first kappa shape index (κ1) is 18.2. The lowest BCUT2D eigenvalue weighted by atomic mass is 9.69. The highest BCUT2D eigenvalue weighted by atomic mass is 14.7. The number of fused-ring (bicyclic) bond motifs is 1. The molecule has 0 amide bonds. The molecular weight excluding hydrogens is 278 g/mol. The van der Waals surface area contributed by atoms with Crippen molar-refractivity contribution in [3.63, 3.8) is 0 Å². The maximum atomic E-state index is 4.87. The lowest BCUT2D eigenvalue weighted by molar-refractivity contribution is 0.409. The zero-order chi connectivity index (χ0) is 17.0. The monoisotopic (exact) mass is 313 g/mol. The molecule has 0 spiro atoms. The van der Waals surface area contributed by atoms with E-state index < -0.39 is 0 Å². The SMILES string of the molecule is CCCC1=C(CCC)C(CCC)(CCC)c2c1cc(C)nc2C. The Balaban J connectivity index is 2.76. The Bertz CT molecular complexity index is 574. The molecule has 1 aromatic heterocycles. The first-order chi connectivity index (χ1) is 11.1. The Morgan fingerprint density at radius 3 is 2.00 bits per heavy atom. The van der Waals surface area contributed by atoms with E-state index in [4.69, 9.17) is 4.98 Å². The molecule has 23 heavy (non-hydrogen) atoms. The van der Waals surface area contributed by atoms with Gasteiger partial charge in [0.25, 0.3) is 0 Å². The maximum absolute atomic E-state index is 4.87. The Labute approximate surface area is 143 Å². The highest BCUT2D eigenvalue weighted by Gasteiger charge is 2.44. The van der Waals surface area contributed by atoms with Crippen molar-refractivity contribution in [3.8, 4) is 0 Å². The van der Waals surface area contributed by atoms with Gasteiger partial charge in [0.15, 0.2) is 0 Å². The van der Waals surface area contributed by atoms with Gasteiger partial charge in [-0.15, -0.1) is 0 Å². The summed E-state index contributed by atoms with van der Waals surface area (Å²) in [5, 5.41) is 0. The van der Waals surface area contributed by atoms with Crippen molar-refractivity contribution in [1.82, 2.24) is 4.98 Å². The van der Waals surface area contributed by atoms with Crippen molar-refractivity contribution in [3.05, 3.63) is 34.2 Å². The highest BCUT2D eigenvalue weighted by molar-refractivity contribution is 5.81. The van der Waals surface area contributed by atoms with E-state index in [0.717, 1.165) is 0 Å². The van der Waals surface area contributed by atoms with Gasteiger partial charge in [-0.05, 0) is 62.3 Å². The van der Waals surface area contributed by atoms with Crippen LogP contribution in [0, 0.1) is 13.8 Å². The van der Waals surface area contributed by atoms with Crippen LogP contribution < -0.4 is 0 Å². The standard InChI is InChI=1S/C22H35N/c1-7-11-18-19-15-16(5)23-17(6)21(19)22(13-9-3,14-10-4)20(18)12-8-2/h15H,7-14H2,1-6H3. The Morgan fingerprint density at radius 2 is 1.48 bits per heavy atom. The van der Waals surface area contributed by atoms with Crippen LogP contribution in [0.5, 0.6) is 0 Å². The Hall–Kier alpha value is -1.11. The lowest BCUT2D eigenvalue weighted by Crippen LogP contribution is -2.28. The van der Waals surface area contributed by atoms with Gasteiger partial charge in [0, 0.05) is 16.8 Å². The largest absolute Gasteiger partial charge is 0.258 e. The van der Waals surface area contributed by atoms with Crippen molar-refractivity contribution in [2.45, 2.75) is 98.3 Å². The summed E-state index contributed by atoms with van der Waals surface area (Å²) in [5.74, 6) is 0. The van der Waals surface area contributed by atoms with Gasteiger partial charge >= 0.3 is 0 Å². The third-order valence-corrected chi connectivity index (χ3v) is 5.43. The van der Waals surface area contributed by atoms with Crippen molar-refractivity contribution < 1.29 is 0 Å². The van der Waals surface area contributed by atoms with E-state index in [0.29, 0.717) is 0 Å². The van der Waals surface area contributed by atoms with Gasteiger partial charge in [0.05, 0.1) is 0 Å². The predicted molar refractivity (Wildman–Crippen MR) is 102 cm³/mol. The average molecular weight is 314 g/mol. The van der Waals surface area contributed by atoms with Crippen LogP contribution in [0.25, 0.3) is 5.57 Å². The second kappa shape index (κ2) is 7.64. The summed E-state index contributed by atoms with van der Waals surface area (Å²) >= 11 is 0. The predicted octanol–water partition coefficient (Wildman–Crippen LogP) is 6.90. The average Bonchev–Trinajstić information content (AvgIpc) is 2.72. The smallest absolute Gasteiger partial charge is 0.0422 e. The third kappa shape index (κ3) is 3.12. The minimum absolute atomic E-state index is 0.268. The lowest BCUT2D eigenvalue weighted by Gasteiger charge is -2.35. The number of pyridine rings is 1. The Kier molecular flexibility index (Phi) is 6.06. The Morgan fingerprint density at radius 1 is 0.870 bits per heavy atom. The molecule has 0 fully saturated rings. The summed E-state index contributed by atoms with van der Waals surface area (Å²) in [6, 6.07) is 2.37. The molecule has 0 bridgehead atoms. The summed E-state index contributed by atoms with van der Waals surface area (Å²) in [4.78, 5) is 4.87. The quantitative estimate of drug-likeness (QED) is 0.508. The molecule has 128 valence electrons. The van der Waals surface area contributed by atoms with E-state index in [1.54, 1.807) is 22.3 Å². The molecule has 1 nitrogen and oxygen atoms in total. The summed E-state index contributed by atoms with van der Waals surface area (Å²) in [6.07, 6.45) is 10.0. The van der Waals surface area contributed by atoms with Gasteiger partial charge in [-0.2, -0.15) is 0 Å².